The van der Waals surface area contributed by atoms with Crippen molar-refractivity contribution in [1.29, 1.82) is 0 Å². The molecule has 0 aliphatic heterocycles. The summed E-state index contributed by atoms with van der Waals surface area (Å²) in [5, 5.41) is 8.16. The van der Waals surface area contributed by atoms with Crippen molar-refractivity contribution in [3.05, 3.63) is 17.5 Å². The highest BCUT2D eigenvalue weighted by Gasteiger charge is 2.24. The van der Waals surface area contributed by atoms with Crippen LogP contribution in [0.1, 0.15) is 52.4 Å². The van der Waals surface area contributed by atoms with Crippen LogP contribution in [0.2, 0.25) is 0 Å². The number of nitrogens with zero attached hydrogens (tertiary/aromatic N) is 2. The van der Waals surface area contributed by atoms with Crippen LogP contribution < -0.4 is 5.32 Å². The smallest absolute Gasteiger partial charge is 0.0624 e. The van der Waals surface area contributed by atoms with E-state index in [1.165, 1.54) is 17.8 Å². The highest BCUT2D eigenvalue weighted by Crippen LogP contribution is 2.26. The molecule has 110 valence electrons. The van der Waals surface area contributed by atoms with Crippen LogP contribution in [0.3, 0.4) is 0 Å². The van der Waals surface area contributed by atoms with Gasteiger partial charge in [-0.1, -0.05) is 34.6 Å². The number of aryl methyl sites for hydroxylation is 2. The normalized spacial score (nSPS) is 14.9. The average Bonchev–Trinajstić information content (AvgIpc) is 2.69. The van der Waals surface area contributed by atoms with Gasteiger partial charge in [-0.05, 0) is 43.2 Å². The largest absolute Gasteiger partial charge is 0.316 e. The second kappa shape index (κ2) is 7.09. The van der Waals surface area contributed by atoms with Crippen LogP contribution >= 0.6 is 0 Å². The minimum Gasteiger partial charge on any atom is -0.316 e. The van der Waals surface area contributed by atoms with Crippen molar-refractivity contribution in [3.8, 4) is 0 Å². The van der Waals surface area contributed by atoms with Crippen LogP contribution in [-0.4, -0.2) is 22.9 Å². The molecule has 0 saturated heterocycles. The first-order valence-electron chi connectivity index (χ1n) is 7.62. The molecule has 1 rings (SSSR count). The Morgan fingerprint density at radius 1 is 1.37 bits per heavy atom. The van der Waals surface area contributed by atoms with Crippen LogP contribution in [0.15, 0.2) is 6.07 Å². The third kappa shape index (κ3) is 4.98. The number of rotatable bonds is 8. The number of hydrogen-bond donors (Lipinski definition) is 1. The summed E-state index contributed by atoms with van der Waals surface area (Å²) in [6.45, 7) is 13.5. The minimum atomic E-state index is 0.313. The molecule has 1 atom stereocenters. The second-order valence-electron chi connectivity index (χ2n) is 6.47. The maximum Gasteiger partial charge on any atom is 0.0624 e. The van der Waals surface area contributed by atoms with E-state index in [0.29, 0.717) is 11.3 Å². The first kappa shape index (κ1) is 16.2. The van der Waals surface area contributed by atoms with E-state index in [-0.39, 0.29) is 0 Å². The maximum absolute atomic E-state index is 4.55. The Morgan fingerprint density at radius 2 is 2.05 bits per heavy atom. The summed E-state index contributed by atoms with van der Waals surface area (Å²) >= 11 is 0. The SMILES string of the molecule is CCc1cc(CC(C)(CC)CNCC(C)C)n(C)n1. The minimum absolute atomic E-state index is 0.313. The quantitative estimate of drug-likeness (QED) is 0.782. The molecule has 0 spiro atoms. The zero-order valence-electron chi connectivity index (χ0n) is 13.6. The van der Waals surface area contributed by atoms with E-state index < -0.39 is 0 Å². The molecule has 0 radical (unpaired) electrons. The Kier molecular flexibility index (Phi) is 6.05. The molecule has 0 aliphatic carbocycles. The Balaban J connectivity index is 2.65. The monoisotopic (exact) mass is 265 g/mol. The molecule has 1 aromatic heterocycles. The fourth-order valence-electron chi connectivity index (χ4n) is 2.32. The zero-order valence-corrected chi connectivity index (χ0v) is 13.6. The van der Waals surface area contributed by atoms with E-state index in [1.54, 1.807) is 0 Å². The average molecular weight is 265 g/mol. The molecular formula is C16H31N3. The third-order valence-electron chi connectivity index (χ3n) is 3.96. The van der Waals surface area contributed by atoms with Crippen molar-refractivity contribution in [2.24, 2.45) is 18.4 Å². The van der Waals surface area contributed by atoms with Crippen molar-refractivity contribution in [1.82, 2.24) is 15.1 Å². The van der Waals surface area contributed by atoms with Crippen molar-refractivity contribution in [2.45, 2.75) is 53.9 Å². The maximum atomic E-state index is 4.55. The number of hydrogen-bond acceptors (Lipinski definition) is 2. The Morgan fingerprint density at radius 3 is 2.53 bits per heavy atom. The predicted octanol–water partition coefficient (Wildman–Crippen LogP) is 3.19. The summed E-state index contributed by atoms with van der Waals surface area (Å²) in [5.74, 6) is 0.713. The van der Waals surface area contributed by atoms with E-state index in [0.717, 1.165) is 25.9 Å². The van der Waals surface area contributed by atoms with Crippen LogP contribution in [0.25, 0.3) is 0 Å². The summed E-state index contributed by atoms with van der Waals surface area (Å²) in [6.07, 6.45) is 3.30. The van der Waals surface area contributed by atoms with Gasteiger partial charge in [0, 0.05) is 19.3 Å². The van der Waals surface area contributed by atoms with Crippen LogP contribution in [0, 0.1) is 11.3 Å². The summed E-state index contributed by atoms with van der Waals surface area (Å²) in [7, 11) is 2.06. The van der Waals surface area contributed by atoms with Gasteiger partial charge in [-0.15, -0.1) is 0 Å². The summed E-state index contributed by atoms with van der Waals surface area (Å²) in [6, 6.07) is 2.26. The lowest BCUT2D eigenvalue weighted by molar-refractivity contribution is 0.279. The Bertz CT molecular complexity index is 381. The summed E-state index contributed by atoms with van der Waals surface area (Å²) < 4.78 is 2.05. The van der Waals surface area contributed by atoms with Gasteiger partial charge in [0.05, 0.1) is 5.69 Å². The molecular weight excluding hydrogens is 234 g/mol. The zero-order chi connectivity index (χ0) is 14.5. The lowest BCUT2D eigenvalue weighted by Crippen LogP contribution is -2.35. The van der Waals surface area contributed by atoms with Gasteiger partial charge in [0.2, 0.25) is 0 Å². The second-order valence-corrected chi connectivity index (χ2v) is 6.47. The van der Waals surface area contributed by atoms with E-state index in [1.807, 2.05) is 0 Å². The molecule has 0 aromatic carbocycles. The first-order chi connectivity index (χ1) is 8.90. The van der Waals surface area contributed by atoms with Gasteiger partial charge in [-0.25, -0.2) is 0 Å². The topological polar surface area (TPSA) is 29.9 Å². The standard InChI is InChI=1S/C16H31N3/c1-7-14-9-15(19(6)18-14)10-16(5,8-2)12-17-11-13(3)4/h9,13,17H,7-8,10-12H2,1-6H3. The lowest BCUT2D eigenvalue weighted by atomic mass is 9.82. The molecule has 0 aliphatic rings. The molecule has 0 fully saturated rings. The van der Waals surface area contributed by atoms with Crippen molar-refractivity contribution in [2.75, 3.05) is 13.1 Å². The Labute approximate surface area is 118 Å². The van der Waals surface area contributed by atoms with Gasteiger partial charge in [-0.2, -0.15) is 5.10 Å². The lowest BCUT2D eigenvalue weighted by Gasteiger charge is -2.29. The van der Waals surface area contributed by atoms with Crippen molar-refractivity contribution in [3.63, 3.8) is 0 Å². The Hall–Kier alpha value is -0.830. The number of nitrogens with one attached hydrogen (secondary N) is 1. The predicted molar refractivity (Wildman–Crippen MR) is 82.4 cm³/mol. The van der Waals surface area contributed by atoms with Gasteiger partial charge in [0.25, 0.3) is 0 Å². The fraction of sp³-hybridized carbons (Fsp3) is 0.812. The van der Waals surface area contributed by atoms with Crippen molar-refractivity contribution < 1.29 is 0 Å². The van der Waals surface area contributed by atoms with Crippen LogP contribution in [0.5, 0.6) is 0 Å². The van der Waals surface area contributed by atoms with E-state index in [9.17, 15) is 0 Å². The highest BCUT2D eigenvalue weighted by molar-refractivity contribution is 5.12. The van der Waals surface area contributed by atoms with Gasteiger partial charge in [0.1, 0.15) is 0 Å². The van der Waals surface area contributed by atoms with Crippen LogP contribution in [-0.2, 0) is 19.9 Å². The van der Waals surface area contributed by atoms with E-state index in [4.69, 9.17) is 0 Å². The molecule has 19 heavy (non-hydrogen) atoms. The molecule has 1 N–H and O–H groups in total. The van der Waals surface area contributed by atoms with E-state index in [2.05, 4.69) is 62.8 Å². The summed E-state index contributed by atoms with van der Waals surface area (Å²) in [5.41, 5.74) is 2.87. The third-order valence-corrected chi connectivity index (χ3v) is 3.96. The first-order valence-corrected chi connectivity index (χ1v) is 7.62. The summed E-state index contributed by atoms with van der Waals surface area (Å²) in [4.78, 5) is 0. The van der Waals surface area contributed by atoms with Gasteiger partial charge in [-0.3, -0.25) is 4.68 Å². The molecule has 1 aromatic rings. The highest BCUT2D eigenvalue weighted by atomic mass is 15.3. The molecule has 0 bridgehead atoms. The number of aromatic nitrogens is 2. The van der Waals surface area contributed by atoms with E-state index >= 15 is 0 Å². The fourth-order valence-corrected chi connectivity index (χ4v) is 2.32. The molecule has 1 unspecified atom stereocenters. The van der Waals surface area contributed by atoms with Gasteiger partial charge in [0.15, 0.2) is 0 Å². The van der Waals surface area contributed by atoms with Crippen molar-refractivity contribution >= 4 is 0 Å². The van der Waals surface area contributed by atoms with Gasteiger partial charge < -0.3 is 5.32 Å². The molecule has 3 heteroatoms. The molecule has 0 saturated carbocycles. The van der Waals surface area contributed by atoms with Crippen LogP contribution in [0.4, 0.5) is 0 Å². The molecule has 3 nitrogen and oxygen atoms in total. The molecule has 1 heterocycles. The molecule has 0 amide bonds. The van der Waals surface area contributed by atoms with Gasteiger partial charge >= 0.3 is 0 Å².